The highest BCUT2D eigenvalue weighted by Gasteiger charge is 2.07. The van der Waals surface area contributed by atoms with Crippen LogP contribution in [0.2, 0.25) is 0 Å². The van der Waals surface area contributed by atoms with Crippen LogP contribution in [0.5, 0.6) is 0 Å². The highest BCUT2D eigenvalue weighted by atomic mass is 19.1. The van der Waals surface area contributed by atoms with E-state index in [0.29, 0.717) is 5.71 Å². The summed E-state index contributed by atoms with van der Waals surface area (Å²) in [6.45, 7) is 0. The molecule has 128 valence electrons. The van der Waals surface area contributed by atoms with Crippen molar-refractivity contribution in [1.82, 2.24) is 0 Å². The molecule has 0 aromatic heterocycles. The third-order valence-corrected chi connectivity index (χ3v) is 3.81. The fourth-order valence-corrected chi connectivity index (χ4v) is 2.45. The molecule has 0 aliphatic heterocycles. The fourth-order valence-electron chi connectivity index (χ4n) is 2.45. The number of hydrogen-bond acceptors (Lipinski definition) is 1. The topological polar surface area (TPSA) is 26.1 Å². The van der Waals surface area contributed by atoms with Crippen LogP contribution in [0, 0.1) is 11.0 Å². The molecule has 0 N–H and O–H groups in total. The first-order valence-electron chi connectivity index (χ1n) is 8.28. The summed E-state index contributed by atoms with van der Waals surface area (Å²) in [5.74, 6) is -0.302. The van der Waals surface area contributed by atoms with Gasteiger partial charge in [0.2, 0.25) is 5.71 Å². The predicted molar refractivity (Wildman–Crippen MR) is 105 cm³/mol. The lowest BCUT2D eigenvalue weighted by Gasteiger charge is -2.04. The minimum atomic E-state index is -0.302. The number of nitrogens with zero attached hydrogens (tertiary/aromatic N) is 1. The van der Waals surface area contributed by atoms with Crippen molar-refractivity contribution in [2.75, 3.05) is 0 Å². The van der Waals surface area contributed by atoms with Gasteiger partial charge in [0.05, 0.1) is 0 Å². The molecule has 0 bridgehead atoms. The van der Waals surface area contributed by atoms with Crippen LogP contribution in [-0.2, 0) is 0 Å². The van der Waals surface area contributed by atoms with Gasteiger partial charge < -0.3 is 5.21 Å². The van der Waals surface area contributed by atoms with Gasteiger partial charge in [-0.05, 0) is 41.5 Å². The van der Waals surface area contributed by atoms with Crippen molar-refractivity contribution >= 4 is 17.9 Å². The monoisotopic (exact) mass is 343 g/mol. The Morgan fingerprint density at radius 1 is 0.731 bits per heavy atom. The van der Waals surface area contributed by atoms with Crippen LogP contribution < -0.4 is 0 Å². The molecule has 0 heterocycles. The van der Waals surface area contributed by atoms with Gasteiger partial charge in [-0.15, -0.1) is 0 Å². The molecule has 0 aliphatic rings. The molecule has 0 fully saturated rings. The molecule has 3 aromatic carbocycles. The second-order valence-electron chi connectivity index (χ2n) is 5.69. The first kappa shape index (κ1) is 17.4. The maximum Gasteiger partial charge on any atom is 0.223 e. The van der Waals surface area contributed by atoms with Crippen molar-refractivity contribution in [2.24, 2.45) is 0 Å². The summed E-state index contributed by atoms with van der Waals surface area (Å²) in [5.41, 5.74) is 3.11. The van der Waals surface area contributed by atoms with Crippen molar-refractivity contribution in [3.8, 4) is 0 Å². The summed E-state index contributed by atoms with van der Waals surface area (Å²) in [7, 11) is 0. The van der Waals surface area contributed by atoms with Gasteiger partial charge in [-0.3, -0.25) is 0 Å². The molecule has 0 aliphatic carbocycles. The lowest BCUT2D eigenvalue weighted by Crippen LogP contribution is -2.09. The predicted octanol–water partition coefficient (Wildman–Crippen LogP) is 5.51. The second-order valence-corrected chi connectivity index (χ2v) is 5.69. The van der Waals surface area contributed by atoms with Crippen LogP contribution in [0.25, 0.3) is 12.2 Å². The molecule has 0 atom stereocenters. The number of halogens is 1. The van der Waals surface area contributed by atoms with Gasteiger partial charge in [-0.25, -0.2) is 4.39 Å². The SMILES string of the molecule is [O-][N+](/C=C/c1ccc(F)cc1)=C(\C=C\c1ccccc1)c1ccccc1. The fraction of sp³-hybridized carbons (Fsp3) is 0. The van der Waals surface area contributed by atoms with E-state index in [4.69, 9.17) is 0 Å². The van der Waals surface area contributed by atoms with Crippen molar-refractivity contribution in [3.05, 3.63) is 125 Å². The number of allylic oxidation sites excluding steroid dienone is 1. The van der Waals surface area contributed by atoms with E-state index in [0.717, 1.165) is 21.4 Å². The summed E-state index contributed by atoms with van der Waals surface area (Å²) in [6.07, 6.45) is 6.79. The van der Waals surface area contributed by atoms with E-state index in [-0.39, 0.29) is 5.82 Å². The number of rotatable bonds is 5. The molecule has 0 unspecified atom stereocenters. The zero-order valence-electron chi connectivity index (χ0n) is 14.1. The smallest absolute Gasteiger partial charge is 0.223 e. The largest absolute Gasteiger partial charge is 0.618 e. The maximum absolute atomic E-state index is 13.0. The lowest BCUT2D eigenvalue weighted by atomic mass is 10.1. The molecule has 0 radical (unpaired) electrons. The zero-order chi connectivity index (χ0) is 18.2. The summed E-state index contributed by atoms with van der Waals surface area (Å²) in [5, 5.41) is 12.7. The van der Waals surface area contributed by atoms with Crippen LogP contribution in [0.3, 0.4) is 0 Å². The Labute approximate surface area is 152 Å². The standard InChI is InChI=1S/C23H18FNO/c24-22-14-11-20(12-15-22)17-18-25(26)23(21-9-5-2-6-10-21)16-13-19-7-3-1-4-8-19/h1-18H/b16-13+,18-17+,25-23+. The van der Waals surface area contributed by atoms with Crippen molar-refractivity contribution in [1.29, 1.82) is 0 Å². The molecule has 0 spiro atoms. The Hall–Kier alpha value is -3.46. The van der Waals surface area contributed by atoms with Crippen LogP contribution in [0.4, 0.5) is 4.39 Å². The highest BCUT2D eigenvalue weighted by molar-refractivity contribution is 6.07. The molecular weight excluding hydrogens is 325 g/mol. The molecule has 0 saturated heterocycles. The first-order chi connectivity index (χ1) is 12.7. The average Bonchev–Trinajstić information content (AvgIpc) is 2.69. The van der Waals surface area contributed by atoms with Crippen LogP contribution in [0.15, 0.2) is 97.2 Å². The maximum atomic E-state index is 13.0. The Bertz CT molecular complexity index is 927. The van der Waals surface area contributed by atoms with Crippen molar-refractivity contribution < 1.29 is 9.13 Å². The van der Waals surface area contributed by atoms with Crippen LogP contribution in [0.1, 0.15) is 16.7 Å². The second kappa shape index (κ2) is 8.58. The van der Waals surface area contributed by atoms with E-state index in [2.05, 4.69) is 0 Å². The Kier molecular flexibility index (Phi) is 5.73. The van der Waals surface area contributed by atoms with Crippen molar-refractivity contribution in [2.45, 2.75) is 0 Å². The Balaban J connectivity index is 1.94. The number of hydrogen-bond donors (Lipinski definition) is 0. The molecule has 3 aromatic rings. The summed E-state index contributed by atoms with van der Waals surface area (Å²) in [6, 6.07) is 25.3. The van der Waals surface area contributed by atoms with Gasteiger partial charge >= 0.3 is 0 Å². The van der Waals surface area contributed by atoms with Gasteiger partial charge in [-0.2, -0.15) is 4.74 Å². The van der Waals surface area contributed by atoms with Crippen molar-refractivity contribution in [3.63, 3.8) is 0 Å². The quantitative estimate of drug-likeness (QED) is 0.260. The minimum absolute atomic E-state index is 0.302. The molecule has 3 rings (SSSR count). The summed E-state index contributed by atoms with van der Waals surface area (Å²) in [4.78, 5) is 0. The van der Waals surface area contributed by atoms with E-state index >= 15 is 0 Å². The summed E-state index contributed by atoms with van der Waals surface area (Å²) >= 11 is 0. The first-order valence-corrected chi connectivity index (χ1v) is 8.28. The van der Waals surface area contributed by atoms with E-state index in [9.17, 15) is 9.60 Å². The van der Waals surface area contributed by atoms with Gasteiger partial charge in [-0.1, -0.05) is 60.7 Å². The Morgan fingerprint density at radius 2 is 1.31 bits per heavy atom. The van der Waals surface area contributed by atoms with Gasteiger partial charge in [0.1, 0.15) is 5.82 Å². The van der Waals surface area contributed by atoms with Gasteiger partial charge in [0.15, 0.2) is 6.20 Å². The van der Waals surface area contributed by atoms with E-state index < -0.39 is 0 Å². The highest BCUT2D eigenvalue weighted by Crippen LogP contribution is 2.09. The van der Waals surface area contributed by atoms with Gasteiger partial charge in [0, 0.05) is 17.7 Å². The summed E-state index contributed by atoms with van der Waals surface area (Å²) < 4.78 is 13.8. The van der Waals surface area contributed by atoms with Crippen LogP contribution in [-0.4, -0.2) is 10.5 Å². The minimum Gasteiger partial charge on any atom is -0.618 e. The normalized spacial score (nSPS) is 12.5. The number of benzene rings is 3. The average molecular weight is 343 g/mol. The van der Waals surface area contributed by atoms with Crippen LogP contribution >= 0.6 is 0 Å². The molecule has 3 heteroatoms. The van der Waals surface area contributed by atoms with E-state index in [1.807, 2.05) is 66.7 Å². The zero-order valence-corrected chi connectivity index (χ0v) is 14.1. The molecular formula is C23H18FNO. The lowest BCUT2D eigenvalue weighted by molar-refractivity contribution is -0.375. The third-order valence-electron chi connectivity index (χ3n) is 3.81. The number of hydroxylamine groups is 1. The van der Waals surface area contributed by atoms with E-state index in [1.54, 1.807) is 24.3 Å². The molecule has 26 heavy (non-hydrogen) atoms. The van der Waals surface area contributed by atoms with Gasteiger partial charge in [0.25, 0.3) is 0 Å². The van der Waals surface area contributed by atoms with E-state index in [1.165, 1.54) is 18.3 Å². The molecule has 0 saturated carbocycles. The Morgan fingerprint density at radius 3 is 1.96 bits per heavy atom. The third kappa shape index (κ3) is 4.77. The molecule has 2 nitrogen and oxygen atoms in total. The molecule has 0 amide bonds.